The second-order valence-electron chi connectivity index (χ2n) is 6.03. The highest BCUT2D eigenvalue weighted by atomic mass is 79.9. The maximum atomic E-state index is 12.3. The normalized spacial score (nSPS) is 10.4. The van der Waals surface area contributed by atoms with Gasteiger partial charge in [-0.15, -0.1) is 0 Å². The lowest BCUT2D eigenvalue weighted by Gasteiger charge is -2.09. The summed E-state index contributed by atoms with van der Waals surface area (Å²) in [4.78, 5) is 35.4. The van der Waals surface area contributed by atoms with Crippen molar-refractivity contribution in [1.29, 1.82) is 0 Å². The van der Waals surface area contributed by atoms with Gasteiger partial charge in [0, 0.05) is 34.4 Å². The minimum Gasteiger partial charge on any atom is -0.326 e. The van der Waals surface area contributed by atoms with Crippen molar-refractivity contribution in [3.8, 4) is 11.3 Å². The molecule has 0 bridgehead atoms. The second-order valence-corrected chi connectivity index (χ2v) is 6.94. The zero-order chi connectivity index (χ0) is 20.1. The molecular formula is C20H17BrN4O3. The lowest BCUT2D eigenvalue weighted by atomic mass is 10.1. The van der Waals surface area contributed by atoms with E-state index in [0.717, 1.165) is 14.7 Å². The van der Waals surface area contributed by atoms with Crippen molar-refractivity contribution in [2.45, 2.75) is 13.5 Å². The molecule has 0 spiro atoms. The fraction of sp³-hybridized carbons (Fsp3) is 0.100. The maximum Gasteiger partial charge on any atom is 0.267 e. The Kier molecular flexibility index (Phi) is 6.00. The number of carbonyl (C=O) groups is 2. The Bertz CT molecular complexity index is 1060. The van der Waals surface area contributed by atoms with Gasteiger partial charge in [0.2, 0.25) is 11.8 Å². The second kappa shape index (κ2) is 8.62. The van der Waals surface area contributed by atoms with Crippen LogP contribution < -0.4 is 16.2 Å². The highest BCUT2D eigenvalue weighted by Gasteiger charge is 2.09. The van der Waals surface area contributed by atoms with Crippen molar-refractivity contribution >= 4 is 39.1 Å². The molecular weight excluding hydrogens is 424 g/mol. The number of nitrogens with zero attached hydrogens (tertiary/aromatic N) is 2. The van der Waals surface area contributed by atoms with Crippen molar-refractivity contribution in [2.75, 3.05) is 10.6 Å². The van der Waals surface area contributed by atoms with E-state index in [1.54, 1.807) is 30.3 Å². The molecule has 2 aromatic carbocycles. The first-order chi connectivity index (χ1) is 13.4. The van der Waals surface area contributed by atoms with Crippen LogP contribution in [0.5, 0.6) is 0 Å². The standard InChI is InChI=1S/C20H17BrN4O3/c1-13(26)22-16-6-8-17(9-7-16)23-19(27)12-25-20(28)11-10-18(24-25)14-2-4-15(21)5-3-14/h2-11H,12H2,1H3,(H,22,26)(H,23,27). The van der Waals surface area contributed by atoms with Gasteiger partial charge in [-0.2, -0.15) is 5.10 Å². The topological polar surface area (TPSA) is 93.1 Å². The van der Waals surface area contributed by atoms with Gasteiger partial charge in [0.1, 0.15) is 6.54 Å². The van der Waals surface area contributed by atoms with Gasteiger partial charge in [0.05, 0.1) is 5.69 Å². The van der Waals surface area contributed by atoms with Crippen LogP contribution in [0.25, 0.3) is 11.3 Å². The molecule has 0 saturated carbocycles. The smallest absolute Gasteiger partial charge is 0.267 e. The van der Waals surface area contributed by atoms with Crippen LogP contribution in [0.4, 0.5) is 11.4 Å². The van der Waals surface area contributed by atoms with Gasteiger partial charge in [-0.25, -0.2) is 4.68 Å². The van der Waals surface area contributed by atoms with Gasteiger partial charge in [-0.1, -0.05) is 28.1 Å². The SMILES string of the molecule is CC(=O)Nc1ccc(NC(=O)Cn2nc(-c3ccc(Br)cc3)ccc2=O)cc1. The van der Waals surface area contributed by atoms with E-state index >= 15 is 0 Å². The molecule has 0 saturated heterocycles. The molecule has 0 radical (unpaired) electrons. The molecule has 1 aromatic heterocycles. The van der Waals surface area contributed by atoms with Gasteiger partial charge < -0.3 is 10.6 Å². The number of amides is 2. The predicted octanol–water partition coefficient (Wildman–Crippen LogP) is 3.27. The molecule has 0 aliphatic heterocycles. The minimum atomic E-state index is -0.380. The Morgan fingerprint density at radius 2 is 1.54 bits per heavy atom. The Labute approximate surface area is 169 Å². The first-order valence-electron chi connectivity index (χ1n) is 8.42. The molecule has 28 heavy (non-hydrogen) atoms. The fourth-order valence-electron chi connectivity index (χ4n) is 2.51. The molecule has 1 heterocycles. The summed E-state index contributed by atoms with van der Waals surface area (Å²) in [6.45, 7) is 1.21. The lowest BCUT2D eigenvalue weighted by molar-refractivity contribution is -0.117. The summed E-state index contributed by atoms with van der Waals surface area (Å²) >= 11 is 3.38. The van der Waals surface area contributed by atoms with Crippen molar-refractivity contribution in [1.82, 2.24) is 9.78 Å². The van der Waals surface area contributed by atoms with Crippen LogP contribution in [-0.2, 0) is 16.1 Å². The number of nitrogens with one attached hydrogen (secondary N) is 2. The Morgan fingerprint density at radius 1 is 0.929 bits per heavy atom. The summed E-state index contributed by atoms with van der Waals surface area (Å²) in [6.07, 6.45) is 0. The summed E-state index contributed by atoms with van der Waals surface area (Å²) in [5.74, 6) is -0.553. The van der Waals surface area contributed by atoms with E-state index in [4.69, 9.17) is 0 Å². The highest BCUT2D eigenvalue weighted by molar-refractivity contribution is 9.10. The van der Waals surface area contributed by atoms with E-state index in [2.05, 4.69) is 31.7 Å². The molecule has 2 amide bonds. The summed E-state index contributed by atoms with van der Waals surface area (Å²) in [6, 6.07) is 17.2. The van der Waals surface area contributed by atoms with Crippen LogP contribution >= 0.6 is 15.9 Å². The highest BCUT2D eigenvalue weighted by Crippen LogP contribution is 2.19. The molecule has 3 rings (SSSR count). The molecule has 2 N–H and O–H groups in total. The predicted molar refractivity (Wildman–Crippen MR) is 111 cm³/mol. The Hall–Kier alpha value is -3.26. The minimum absolute atomic E-state index is 0.173. The molecule has 7 nitrogen and oxygen atoms in total. The maximum absolute atomic E-state index is 12.3. The number of carbonyl (C=O) groups excluding carboxylic acids is 2. The van der Waals surface area contributed by atoms with Crippen molar-refractivity contribution in [3.05, 3.63) is 75.5 Å². The van der Waals surface area contributed by atoms with Gasteiger partial charge in [-0.05, 0) is 42.5 Å². The third-order valence-electron chi connectivity index (χ3n) is 3.79. The van der Waals surface area contributed by atoms with E-state index in [0.29, 0.717) is 17.1 Å². The zero-order valence-electron chi connectivity index (χ0n) is 15.0. The summed E-state index contributed by atoms with van der Waals surface area (Å²) in [5.41, 5.74) is 2.25. The summed E-state index contributed by atoms with van der Waals surface area (Å²) in [7, 11) is 0. The molecule has 142 valence electrons. The molecule has 0 unspecified atom stereocenters. The number of anilines is 2. The number of benzene rings is 2. The van der Waals surface area contributed by atoms with Gasteiger partial charge >= 0.3 is 0 Å². The van der Waals surface area contributed by atoms with Crippen LogP contribution in [0.3, 0.4) is 0 Å². The number of rotatable bonds is 5. The number of halogens is 1. The Morgan fingerprint density at radius 3 is 2.14 bits per heavy atom. The number of hydrogen-bond acceptors (Lipinski definition) is 4. The molecule has 8 heteroatoms. The third kappa shape index (κ3) is 5.14. The fourth-order valence-corrected chi connectivity index (χ4v) is 2.78. The Balaban J connectivity index is 1.71. The molecule has 0 fully saturated rings. The van der Waals surface area contributed by atoms with Crippen LogP contribution in [0, 0.1) is 0 Å². The zero-order valence-corrected chi connectivity index (χ0v) is 16.6. The molecule has 3 aromatic rings. The number of hydrogen-bond donors (Lipinski definition) is 2. The third-order valence-corrected chi connectivity index (χ3v) is 4.32. The largest absolute Gasteiger partial charge is 0.326 e. The average molecular weight is 441 g/mol. The quantitative estimate of drug-likeness (QED) is 0.636. The molecule has 0 atom stereocenters. The average Bonchev–Trinajstić information content (AvgIpc) is 2.65. The van der Waals surface area contributed by atoms with Crippen molar-refractivity contribution in [3.63, 3.8) is 0 Å². The first kappa shape index (κ1) is 19.5. The van der Waals surface area contributed by atoms with E-state index in [9.17, 15) is 14.4 Å². The van der Waals surface area contributed by atoms with Crippen LogP contribution in [-0.4, -0.2) is 21.6 Å². The monoisotopic (exact) mass is 440 g/mol. The van der Waals surface area contributed by atoms with E-state index in [-0.39, 0.29) is 23.9 Å². The van der Waals surface area contributed by atoms with E-state index in [1.807, 2.05) is 24.3 Å². The van der Waals surface area contributed by atoms with E-state index in [1.165, 1.54) is 13.0 Å². The molecule has 0 aliphatic rings. The first-order valence-corrected chi connectivity index (χ1v) is 9.21. The summed E-state index contributed by atoms with van der Waals surface area (Å²) in [5, 5.41) is 9.64. The van der Waals surface area contributed by atoms with Crippen LogP contribution in [0.15, 0.2) is 69.9 Å². The van der Waals surface area contributed by atoms with Gasteiger partial charge in [0.25, 0.3) is 5.56 Å². The molecule has 0 aliphatic carbocycles. The van der Waals surface area contributed by atoms with Crippen LogP contribution in [0.1, 0.15) is 6.92 Å². The number of aromatic nitrogens is 2. The lowest BCUT2D eigenvalue weighted by Crippen LogP contribution is -2.29. The van der Waals surface area contributed by atoms with Crippen molar-refractivity contribution < 1.29 is 9.59 Å². The van der Waals surface area contributed by atoms with Crippen LogP contribution in [0.2, 0.25) is 0 Å². The van der Waals surface area contributed by atoms with E-state index < -0.39 is 0 Å². The van der Waals surface area contributed by atoms with Crippen molar-refractivity contribution in [2.24, 2.45) is 0 Å². The van der Waals surface area contributed by atoms with Gasteiger partial charge in [0.15, 0.2) is 0 Å². The van der Waals surface area contributed by atoms with Gasteiger partial charge in [-0.3, -0.25) is 14.4 Å². The summed E-state index contributed by atoms with van der Waals surface area (Å²) < 4.78 is 2.06.